The molecule has 0 radical (unpaired) electrons. The summed E-state index contributed by atoms with van der Waals surface area (Å²) in [6.45, 7) is -0.0363. The molecule has 2 aromatic rings. The Morgan fingerprint density at radius 3 is 2.92 bits per heavy atom. The van der Waals surface area contributed by atoms with Gasteiger partial charge in [-0.15, -0.1) is 0 Å². The van der Waals surface area contributed by atoms with Gasteiger partial charge in [-0.05, 0) is 23.8 Å². The van der Waals surface area contributed by atoms with Crippen LogP contribution in [0.15, 0.2) is 30.5 Å². The Labute approximate surface area is 140 Å². The number of aromatic amines is 1. The predicted octanol–water partition coefficient (Wildman–Crippen LogP) is 2.96. The van der Waals surface area contributed by atoms with Crippen LogP contribution in [0.5, 0.6) is 11.5 Å². The second-order valence-electron chi connectivity index (χ2n) is 5.13. The molecule has 0 saturated heterocycles. The van der Waals surface area contributed by atoms with Crippen LogP contribution >= 0.6 is 0 Å². The van der Waals surface area contributed by atoms with Crippen LogP contribution in [0.2, 0.25) is 0 Å². The van der Waals surface area contributed by atoms with Gasteiger partial charge in [-0.1, -0.05) is 6.07 Å². The molecule has 1 N–H and O–H groups in total. The fraction of sp³-hybridized carbons (Fsp3) is 0.250. The smallest absolute Gasteiger partial charge is 0.433 e. The number of alkyl halides is 3. The van der Waals surface area contributed by atoms with Gasteiger partial charge in [0.1, 0.15) is 5.69 Å². The van der Waals surface area contributed by atoms with Gasteiger partial charge < -0.3 is 14.2 Å². The van der Waals surface area contributed by atoms with Gasteiger partial charge in [0.25, 0.3) is 0 Å². The number of hydrogen-bond acceptors (Lipinski definition) is 5. The van der Waals surface area contributed by atoms with E-state index < -0.39 is 17.8 Å². The molecule has 1 aliphatic heterocycles. The lowest BCUT2D eigenvalue weighted by atomic mass is 10.2. The molecule has 1 aliphatic rings. The molecule has 0 aliphatic carbocycles. The molecule has 25 heavy (non-hydrogen) atoms. The van der Waals surface area contributed by atoms with E-state index in [2.05, 4.69) is 5.10 Å². The monoisotopic (exact) mass is 354 g/mol. The van der Waals surface area contributed by atoms with Gasteiger partial charge in [0.05, 0.1) is 12.8 Å². The average molecular weight is 354 g/mol. The largest absolute Gasteiger partial charge is 0.462 e. The first kappa shape index (κ1) is 16.9. The number of hydrogen-bond donors (Lipinski definition) is 1. The molecule has 1 aromatic carbocycles. The Kier molecular flexibility index (Phi) is 4.64. The third-order valence-corrected chi connectivity index (χ3v) is 3.43. The molecule has 0 amide bonds. The zero-order valence-electron chi connectivity index (χ0n) is 12.8. The van der Waals surface area contributed by atoms with Crippen LogP contribution in [0, 0.1) is 0 Å². The summed E-state index contributed by atoms with van der Waals surface area (Å²) >= 11 is 0. The highest BCUT2D eigenvalue weighted by molar-refractivity contribution is 5.87. The fourth-order valence-corrected chi connectivity index (χ4v) is 2.24. The van der Waals surface area contributed by atoms with E-state index in [1.165, 1.54) is 12.2 Å². The van der Waals surface area contributed by atoms with Crippen LogP contribution in [0.3, 0.4) is 0 Å². The summed E-state index contributed by atoms with van der Waals surface area (Å²) in [5, 5.41) is 5.27. The summed E-state index contributed by atoms with van der Waals surface area (Å²) in [6, 6.07) is 5.15. The van der Waals surface area contributed by atoms with Gasteiger partial charge in [0, 0.05) is 18.1 Å². The Bertz CT molecular complexity index is 799. The number of carbonyl (C=O) groups is 1. The number of esters is 1. The van der Waals surface area contributed by atoms with Crippen molar-refractivity contribution < 1.29 is 32.2 Å². The van der Waals surface area contributed by atoms with Crippen molar-refractivity contribution in [2.24, 2.45) is 0 Å². The molecule has 0 spiro atoms. The lowest BCUT2D eigenvalue weighted by Gasteiger charge is -2.06. The molecule has 0 bridgehead atoms. The van der Waals surface area contributed by atoms with E-state index in [4.69, 9.17) is 14.2 Å². The van der Waals surface area contributed by atoms with Crippen LogP contribution in [-0.4, -0.2) is 29.6 Å². The maximum Gasteiger partial charge on any atom is 0.433 e. The number of H-pyrrole nitrogens is 1. The maximum atomic E-state index is 12.7. The number of nitrogens with zero attached hydrogens (tertiary/aromatic N) is 1. The summed E-state index contributed by atoms with van der Waals surface area (Å²) in [7, 11) is 0. The highest BCUT2D eigenvalue weighted by atomic mass is 19.4. The first-order valence-electron chi connectivity index (χ1n) is 7.27. The van der Waals surface area contributed by atoms with E-state index in [1.54, 1.807) is 18.2 Å². The first-order valence-corrected chi connectivity index (χ1v) is 7.27. The standard InChI is InChI=1S/C16H13F3N2O4/c17-16(18,19)15-11(8-20-21-15)5-6-23-14(22)4-2-10-1-3-12-13(7-10)25-9-24-12/h1-4,7-8H,5-6,9H2,(H,20,21)/b4-2+. The second kappa shape index (κ2) is 6.88. The molecular weight excluding hydrogens is 341 g/mol. The minimum Gasteiger partial charge on any atom is -0.462 e. The number of benzene rings is 1. The van der Waals surface area contributed by atoms with E-state index in [0.29, 0.717) is 17.1 Å². The number of carbonyl (C=O) groups excluding carboxylic acids is 1. The summed E-state index contributed by atoms with van der Waals surface area (Å²) in [6.07, 6.45) is -0.829. The van der Waals surface area contributed by atoms with Crippen LogP contribution in [-0.2, 0) is 22.1 Å². The molecule has 2 heterocycles. The van der Waals surface area contributed by atoms with Crippen LogP contribution in [0.1, 0.15) is 16.8 Å². The summed E-state index contributed by atoms with van der Waals surface area (Å²) < 4.78 is 53.3. The minimum atomic E-state index is -4.52. The van der Waals surface area contributed by atoms with Crippen LogP contribution in [0.25, 0.3) is 6.08 Å². The third kappa shape index (κ3) is 4.11. The van der Waals surface area contributed by atoms with Crippen molar-refractivity contribution in [2.75, 3.05) is 13.4 Å². The number of halogens is 3. The van der Waals surface area contributed by atoms with Crippen molar-refractivity contribution in [3.05, 3.63) is 47.3 Å². The van der Waals surface area contributed by atoms with Crippen molar-refractivity contribution in [3.63, 3.8) is 0 Å². The van der Waals surface area contributed by atoms with E-state index in [-0.39, 0.29) is 25.4 Å². The van der Waals surface area contributed by atoms with Gasteiger partial charge in [-0.25, -0.2) is 4.79 Å². The molecule has 132 valence electrons. The van der Waals surface area contributed by atoms with Crippen LogP contribution < -0.4 is 9.47 Å². The zero-order valence-corrected chi connectivity index (χ0v) is 12.8. The van der Waals surface area contributed by atoms with Gasteiger partial charge in [-0.3, -0.25) is 5.10 Å². The molecule has 6 nitrogen and oxygen atoms in total. The highest BCUT2D eigenvalue weighted by Gasteiger charge is 2.35. The lowest BCUT2D eigenvalue weighted by molar-refractivity contribution is -0.141. The Morgan fingerprint density at radius 2 is 2.12 bits per heavy atom. The van der Waals surface area contributed by atoms with E-state index in [0.717, 1.165) is 6.20 Å². The fourth-order valence-electron chi connectivity index (χ4n) is 2.24. The molecule has 3 rings (SSSR count). The first-order chi connectivity index (χ1) is 11.9. The zero-order chi connectivity index (χ0) is 17.9. The number of rotatable bonds is 5. The van der Waals surface area contributed by atoms with Crippen molar-refractivity contribution in [1.82, 2.24) is 10.2 Å². The second-order valence-corrected chi connectivity index (χ2v) is 5.13. The molecule has 0 fully saturated rings. The highest BCUT2D eigenvalue weighted by Crippen LogP contribution is 2.33. The summed E-state index contributed by atoms with van der Waals surface area (Å²) in [5.41, 5.74) is -0.283. The lowest BCUT2D eigenvalue weighted by Crippen LogP contribution is -2.11. The molecule has 0 atom stereocenters. The normalized spacial score (nSPS) is 13.4. The van der Waals surface area contributed by atoms with Crippen molar-refractivity contribution in [3.8, 4) is 11.5 Å². The molecule has 9 heteroatoms. The topological polar surface area (TPSA) is 73.4 Å². The van der Waals surface area contributed by atoms with Crippen LogP contribution in [0.4, 0.5) is 13.2 Å². The van der Waals surface area contributed by atoms with E-state index in [9.17, 15) is 18.0 Å². The van der Waals surface area contributed by atoms with Crippen molar-refractivity contribution >= 4 is 12.0 Å². The third-order valence-electron chi connectivity index (χ3n) is 3.43. The number of ether oxygens (including phenoxy) is 3. The SMILES string of the molecule is O=C(/C=C/c1ccc2c(c1)OCO2)OCCc1cn[nH]c1C(F)(F)F. The molecular formula is C16H13F3N2O4. The number of nitrogens with one attached hydrogen (secondary N) is 1. The van der Waals surface area contributed by atoms with Gasteiger partial charge in [0.2, 0.25) is 6.79 Å². The van der Waals surface area contributed by atoms with Gasteiger partial charge in [0.15, 0.2) is 11.5 Å². The summed E-state index contributed by atoms with van der Waals surface area (Å²) in [5.74, 6) is 0.546. The van der Waals surface area contributed by atoms with E-state index in [1.807, 2.05) is 5.10 Å². The molecule has 0 saturated carbocycles. The summed E-state index contributed by atoms with van der Waals surface area (Å²) in [4.78, 5) is 11.6. The number of aromatic nitrogens is 2. The number of fused-ring (bicyclic) bond motifs is 1. The maximum absolute atomic E-state index is 12.7. The van der Waals surface area contributed by atoms with Crippen molar-refractivity contribution in [2.45, 2.75) is 12.6 Å². The van der Waals surface area contributed by atoms with E-state index >= 15 is 0 Å². The molecule has 1 aromatic heterocycles. The molecule has 0 unspecified atom stereocenters. The Hall–Kier alpha value is -2.97. The minimum absolute atomic E-state index is 0.0555. The van der Waals surface area contributed by atoms with Crippen molar-refractivity contribution in [1.29, 1.82) is 0 Å². The quantitative estimate of drug-likeness (QED) is 0.660. The van der Waals surface area contributed by atoms with Gasteiger partial charge >= 0.3 is 12.1 Å². The Morgan fingerprint density at radius 1 is 1.32 bits per heavy atom. The predicted molar refractivity (Wildman–Crippen MR) is 79.9 cm³/mol. The van der Waals surface area contributed by atoms with Gasteiger partial charge in [-0.2, -0.15) is 18.3 Å². The Balaban J connectivity index is 1.51. The average Bonchev–Trinajstić information content (AvgIpc) is 3.20.